The van der Waals surface area contributed by atoms with E-state index in [0.29, 0.717) is 11.2 Å². The Labute approximate surface area is 131 Å². The molecule has 0 unspecified atom stereocenters. The van der Waals surface area contributed by atoms with Gasteiger partial charge in [0, 0.05) is 36.0 Å². The fraction of sp³-hybridized carbons (Fsp3) is 0.625. The molecule has 5 heteroatoms. The number of carbonyl (C=O) groups excluding carboxylic acids is 1. The van der Waals surface area contributed by atoms with Crippen molar-refractivity contribution >= 4 is 17.8 Å². The molecule has 1 aliphatic heterocycles. The molecular weight excluding hydrogens is 282 g/mol. The Kier molecular flexibility index (Phi) is 5.51. The van der Waals surface area contributed by atoms with E-state index in [1.54, 1.807) is 12.4 Å². The molecule has 2 heterocycles. The quantitative estimate of drug-likeness (QED) is 0.932. The van der Waals surface area contributed by atoms with Gasteiger partial charge in [0.05, 0.1) is 6.04 Å². The largest absolute Gasteiger partial charge is 0.331 e. The average Bonchev–Trinajstić information content (AvgIpc) is 2.48. The Morgan fingerprint density at radius 2 is 2.05 bits per heavy atom. The summed E-state index contributed by atoms with van der Waals surface area (Å²) in [4.78, 5) is 18.7. The van der Waals surface area contributed by atoms with Crippen LogP contribution in [0.2, 0.25) is 0 Å². The van der Waals surface area contributed by atoms with Gasteiger partial charge in [-0.1, -0.05) is 20.8 Å². The summed E-state index contributed by atoms with van der Waals surface area (Å²) in [5.74, 6) is 1.35. The lowest BCUT2D eigenvalue weighted by molar-refractivity contribution is 0.173. The van der Waals surface area contributed by atoms with Crippen molar-refractivity contribution in [3.05, 3.63) is 30.1 Å². The number of hydrogen-bond acceptors (Lipinski definition) is 3. The first-order valence-corrected chi connectivity index (χ1v) is 8.64. The van der Waals surface area contributed by atoms with E-state index in [2.05, 4.69) is 38.0 Å². The first-order valence-electron chi connectivity index (χ1n) is 7.59. The van der Waals surface area contributed by atoms with Crippen molar-refractivity contribution in [2.45, 2.75) is 45.0 Å². The number of carbonyl (C=O) groups is 1. The van der Waals surface area contributed by atoms with Crippen LogP contribution in [0.5, 0.6) is 0 Å². The Hall–Kier alpha value is -1.23. The van der Waals surface area contributed by atoms with E-state index in [-0.39, 0.29) is 18.1 Å². The third-order valence-electron chi connectivity index (χ3n) is 4.16. The first-order chi connectivity index (χ1) is 10.0. The summed E-state index contributed by atoms with van der Waals surface area (Å²) in [6, 6.07) is 4.29. The number of aromatic nitrogens is 1. The van der Waals surface area contributed by atoms with Crippen LogP contribution in [0.3, 0.4) is 0 Å². The Morgan fingerprint density at radius 3 is 2.67 bits per heavy atom. The molecule has 1 saturated heterocycles. The second-order valence-electron chi connectivity index (χ2n) is 5.96. The van der Waals surface area contributed by atoms with Gasteiger partial charge in [-0.15, -0.1) is 0 Å². The van der Waals surface area contributed by atoms with Crippen molar-refractivity contribution < 1.29 is 4.79 Å². The van der Waals surface area contributed by atoms with Gasteiger partial charge in [0.15, 0.2) is 0 Å². The van der Waals surface area contributed by atoms with E-state index in [0.717, 1.165) is 17.9 Å². The smallest absolute Gasteiger partial charge is 0.318 e. The zero-order valence-corrected chi connectivity index (χ0v) is 14.1. The van der Waals surface area contributed by atoms with Gasteiger partial charge in [-0.2, -0.15) is 11.8 Å². The minimum atomic E-state index is 0.0255. The summed E-state index contributed by atoms with van der Waals surface area (Å²) < 4.78 is 0. The maximum Gasteiger partial charge on any atom is 0.318 e. The number of thioether (sulfide) groups is 1. The minimum Gasteiger partial charge on any atom is -0.331 e. The molecule has 0 radical (unpaired) electrons. The summed E-state index contributed by atoms with van der Waals surface area (Å²) in [5.41, 5.74) is 1.11. The first kappa shape index (κ1) is 16.1. The average molecular weight is 307 g/mol. The van der Waals surface area contributed by atoms with E-state index in [4.69, 9.17) is 0 Å². The molecule has 1 aliphatic rings. The number of nitrogens with zero attached hydrogens (tertiary/aromatic N) is 2. The fourth-order valence-corrected chi connectivity index (χ4v) is 3.74. The molecule has 0 aromatic carbocycles. The van der Waals surface area contributed by atoms with E-state index in [1.807, 2.05) is 28.8 Å². The molecule has 1 fully saturated rings. The maximum atomic E-state index is 12.6. The van der Waals surface area contributed by atoms with Crippen molar-refractivity contribution in [2.75, 3.05) is 12.3 Å². The normalized spacial score (nSPS) is 24.0. The molecule has 1 aromatic rings. The molecule has 0 spiro atoms. The van der Waals surface area contributed by atoms with E-state index < -0.39 is 0 Å². The number of nitrogens with one attached hydrogen (secondary N) is 1. The molecule has 2 amide bonds. The zero-order chi connectivity index (χ0) is 15.4. The predicted molar refractivity (Wildman–Crippen MR) is 88.4 cm³/mol. The number of rotatable bonds is 3. The summed E-state index contributed by atoms with van der Waals surface area (Å²) in [7, 11) is 0. The van der Waals surface area contributed by atoms with Crippen LogP contribution in [-0.4, -0.2) is 39.5 Å². The SMILES string of the molecule is CC(C)[C@H](NC(=O)N1CCS[C@@H](C)[C@@H]1C)c1ccncc1. The highest BCUT2D eigenvalue weighted by molar-refractivity contribution is 8.00. The topological polar surface area (TPSA) is 45.2 Å². The molecule has 4 nitrogen and oxygen atoms in total. The molecule has 0 aliphatic carbocycles. The van der Waals surface area contributed by atoms with Gasteiger partial charge in [-0.05, 0) is 30.5 Å². The molecule has 21 heavy (non-hydrogen) atoms. The number of urea groups is 1. The van der Waals surface area contributed by atoms with Crippen molar-refractivity contribution in [1.29, 1.82) is 0 Å². The molecule has 1 aromatic heterocycles. The van der Waals surface area contributed by atoms with Crippen molar-refractivity contribution in [1.82, 2.24) is 15.2 Å². The molecule has 2 rings (SSSR count). The minimum absolute atomic E-state index is 0.0255. The van der Waals surface area contributed by atoms with Crippen molar-refractivity contribution in [3.63, 3.8) is 0 Å². The number of pyridine rings is 1. The summed E-state index contributed by atoms with van der Waals surface area (Å²) >= 11 is 1.94. The van der Waals surface area contributed by atoms with Crippen LogP contribution in [0.15, 0.2) is 24.5 Å². The van der Waals surface area contributed by atoms with Crippen LogP contribution < -0.4 is 5.32 Å². The van der Waals surface area contributed by atoms with E-state index in [1.165, 1.54) is 0 Å². The fourth-order valence-electron chi connectivity index (χ4n) is 2.64. The maximum absolute atomic E-state index is 12.6. The molecule has 116 valence electrons. The van der Waals surface area contributed by atoms with Crippen LogP contribution in [0, 0.1) is 5.92 Å². The lowest BCUT2D eigenvalue weighted by Gasteiger charge is -2.38. The van der Waals surface area contributed by atoms with E-state index >= 15 is 0 Å². The number of amides is 2. The third-order valence-corrected chi connectivity index (χ3v) is 5.49. The van der Waals surface area contributed by atoms with E-state index in [9.17, 15) is 4.79 Å². The predicted octanol–water partition coefficient (Wildman–Crippen LogP) is 3.31. The highest BCUT2D eigenvalue weighted by atomic mass is 32.2. The van der Waals surface area contributed by atoms with Gasteiger partial charge >= 0.3 is 6.03 Å². The standard InChI is InChI=1S/C16H25N3OS/c1-11(2)15(14-5-7-17-8-6-14)18-16(20)19-9-10-21-13(4)12(19)3/h5-8,11-13,15H,9-10H2,1-4H3,(H,18,20)/t12-,13-,15-/m0/s1. The van der Waals surface area contributed by atoms with Crippen LogP contribution in [0.25, 0.3) is 0 Å². The van der Waals surface area contributed by atoms with Gasteiger partial charge in [0.2, 0.25) is 0 Å². The second kappa shape index (κ2) is 7.16. The van der Waals surface area contributed by atoms with Crippen LogP contribution >= 0.6 is 11.8 Å². The van der Waals surface area contributed by atoms with Crippen LogP contribution in [-0.2, 0) is 0 Å². The monoisotopic (exact) mass is 307 g/mol. The summed E-state index contributed by atoms with van der Waals surface area (Å²) in [5, 5.41) is 3.69. The van der Waals surface area contributed by atoms with Gasteiger partial charge in [0.1, 0.15) is 0 Å². The van der Waals surface area contributed by atoms with Crippen LogP contribution in [0.1, 0.15) is 39.3 Å². The third kappa shape index (κ3) is 3.90. The molecule has 1 N–H and O–H groups in total. The second-order valence-corrected chi connectivity index (χ2v) is 7.45. The van der Waals surface area contributed by atoms with Gasteiger partial charge in [-0.3, -0.25) is 4.98 Å². The number of hydrogen-bond donors (Lipinski definition) is 1. The Balaban J connectivity index is 2.08. The lowest BCUT2D eigenvalue weighted by Crippen LogP contribution is -2.52. The zero-order valence-electron chi connectivity index (χ0n) is 13.2. The van der Waals surface area contributed by atoms with Crippen molar-refractivity contribution in [3.8, 4) is 0 Å². The molecule has 0 saturated carbocycles. The lowest BCUT2D eigenvalue weighted by atomic mass is 9.97. The Morgan fingerprint density at radius 1 is 1.38 bits per heavy atom. The van der Waals surface area contributed by atoms with Gasteiger partial charge < -0.3 is 10.2 Å². The van der Waals surface area contributed by atoms with Crippen LogP contribution in [0.4, 0.5) is 4.79 Å². The Bertz CT molecular complexity index is 466. The summed E-state index contributed by atoms with van der Waals surface area (Å²) in [6.07, 6.45) is 3.55. The van der Waals surface area contributed by atoms with Crippen molar-refractivity contribution in [2.24, 2.45) is 5.92 Å². The molecule has 3 atom stereocenters. The molecule has 0 bridgehead atoms. The highest BCUT2D eigenvalue weighted by Crippen LogP contribution is 2.26. The van der Waals surface area contributed by atoms with Gasteiger partial charge in [0.25, 0.3) is 0 Å². The van der Waals surface area contributed by atoms with Gasteiger partial charge in [-0.25, -0.2) is 4.79 Å². The summed E-state index contributed by atoms with van der Waals surface area (Å²) in [6.45, 7) is 9.40. The highest BCUT2D eigenvalue weighted by Gasteiger charge is 2.30. The molecular formula is C16H25N3OS.